The van der Waals surface area contributed by atoms with Crippen molar-refractivity contribution in [2.75, 3.05) is 53.0 Å². The number of nitriles is 1. The number of morpholine rings is 1. The van der Waals surface area contributed by atoms with E-state index in [-0.39, 0.29) is 5.91 Å². The van der Waals surface area contributed by atoms with Gasteiger partial charge in [0.05, 0.1) is 32.8 Å². The van der Waals surface area contributed by atoms with E-state index in [2.05, 4.69) is 11.0 Å². The van der Waals surface area contributed by atoms with E-state index in [4.69, 9.17) is 14.7 Å². The van der Waals surface area contributed by atoms with Crippen molar-refractivity contribution in [3.05, 3.63) is 35.4 Å². The van der Waals surface area contributed by atoms with Gasteiger partial charge in [0.1, 0.15) is 5.75 Å². The number of carbonyl (C=O) groups excluding carboxylic acids is 1. The molecule has 0 bridgehead atoms. The molecule has 1 amide bonds. The monoisotopic (exact) mass is 357 g/mol. The van der Waals surface area contributed by atoms with Gasteiger partial charge >= 0.3 is 0 Å². The summed E-state index contributed by atoms with van der Waals surface area (Å²) in [4.78, 5) is 16.6. The van der Waals surface area contributed by atoms with Crippen molar-refractivity contribution in [1.82, 2.24) is 9.80 Å². The number of hydrogen-bond donors (Lipinski definition) is 0. The third-order valence-electron chi connectivity index (χ3n) is 4.39. The molecule has 0 atom stereocenters. The number of amides is 1. The van der Waals surface area contributed by atoms with E-state index < -0.39 is 0 Å². The molecule has 0 unspecified atom stereocenters. The molecule has 0 N–H and O–H groups in total. The van der Waals surface area contributed by atoms with E-state index in [1.807, 2.05) is 25.1 Å². The summed E-state index contributed by atoms with van der Waals surface area (Å²) in [5.74, 6) is 0.647. The van der Waals surface area contributed by atoms with Crippen molar-refractivity contribution in [3.63, 3.8) is 0 Å². The second kappa shape index (κ2) is 10.6. The molecule has 1 aromatic carbocycles. The Morgan fingerprint density at radius 2 is 2.15 bits per heavy atom. The minimum atomic E-state index is -0.0860. The van der Waals surface area contributed by atoms with Gasteiger partial charge in [-0.1, -0.05) is 11.6 Å². The average Bonchev–Trinajstić information content (AvgIpc) is 2.67. The van der Waals surface area contributed by atoms with Crippen LogP contribution in [0, 0.1) is 18.3 Å². The molecule has 0 radical (unpaired) electrons. The van der Waals surface area contributed by atoms with Gasteiger partial charge in [0.25, 0.3) is 0 Å². The Hall–Kier alpha value is -2.36. The summed E-state index contributed by atoms with van der Waals surface area (Å²) in [6, 6.07) is 7.97. The lowest BCUT2D eigenvalue weighted by atomic mass is 10.1. The van der Waals surface area contributed by atoms with Crippen LogP contribution in [-0.2, 0) is 9.53 Å². The number of nitrogens with zero attached hydrogens (tertiary/aromatic N) is 3. The van der Waals surface area contributed by atoms with Gasteiger partial charge in [-0.2, -0.15) is 5.26 Å². The largest absolute Gasteiger partial charge is 0.496 e. The van der Waals surface area contributed by atoms with Crippen molar-refractivity contribution in [1.29, 1.82) is 5.26 Å². The Morgan fingerprint density at radius 3 is 2.85 bits per heavy atom. The van der Waals surface area contributed by atoms with Crippen LogP contribution in [0.3, 0.4) is 0 Å². The molecule has 1 aliphatic heterocycles. The zero-order valence-corrected chi connectivity index (χ0v) is 15.6. The molecule has 6 heteroatoms. The highest BCUT2D eigenvalue weighted by molar-refractivity contribution is 5.92. The van der Waals surface area contributed by atoms with Gasteiger partial charge in [-0.25, -0.2) is 0 Å². The summed E-state index contributed by atoms with van der Waals surface area (Å²) in [6.45, 7) is 7.08. The lowest BCUT2D eigenvalue weighted by Crippen LogP contribution is -2.43. The second-order valence-electron chi connectivity index (χ2n) is 6.27. The van der Waals surface area contributed by atoms with Crippen LogP contribution >= 0.6 is 0 Å². The Balaban J connectivity index is 2.00. The third kappa shape index (κ3) is 6.17. The lowest BCUT2D eigenvalue weighted by Gasteiger charge is -2.29. The molecular weight excluding hydrogens is 330 g/mol. The minimum absolute atomic E-state index is 0.0860. The van der Waals surface area contributed by atoms with E-state index in [0.717, 1.165) is 49.7 Å². The summed E-state index contributed by atoms with van der Waals surface area (Å²) in [6.07, 6.45) is 3.67. The first kappa shape index (κ1) is 20.0. The van der Waals surface area contributed by atoms with Crippen LogP contribution in [-0.4, -0.2) is 68.8 Å². The normalized spacial score (nSPS) is 15.0. The Bertz CT molecular complexity index is 661. The molecule has 6 nitrogen and oxygen atoms in total. The number of hydrogen-bond acceptors (Lipinski definition) is 5. The Kier molecular flexibility index (Phi) is 8.13. The van der Waals surface area contributed by atoms with Gasteiger partial charge in [-0.3, -0.25) is 9.69 Å². The predicted octanol–water partition coefficient (Wildman–Crippen LogP) is 2.09. The lowest BCUT2D eigenvalue weighted by molar-refractivity contribution is -0.126. The maximum Gasteiger partial charge on any atom is 0.246 e. The molecule has 0 saturated carbocycles. The van der Waals surface area contributed by atoms with Crippen molar-refractivity contribution < 1.29 is 14.3 Å². The fourth-order valence-electron chi connectivity index (χ4n) is 2.85. The van der Waals surface area contributed by atoms with E-state index in [0.29, 0.717) is 19.5 Å². The smallest absolute Gasteiger partial charge is 0.246 e. The number of benzene rings is 1. The molecule has 1 heterocycles. The number of aryl methyl sites for hydroxylation is 1. The standard InChI is InChI=1S/C20H27N3O3/c1-17-4-6-19(25-2)18(16-17)5-7-20(24)23(9-3-8-21)11-10-22-12-14-26-15-13-22/h4-7,16H,3,9-15H2,1-2H3/b7-5+. The molecule has 2 rings (SSSR count). The van der Waals surface area contributed by atoms with Crippen LogP contribution in [0.25, 0.3) is 6.08 Å². The Morgan fingerprint density at radius 1 is 1.38 bits per heavy atom. The zero-order valence-electron chi connectivity index (χ0n) is 15.6. The van der Waals surface area contributed by atoms with Gasteiger partial charge in [0.15, 0.2) is 0 Å². The quantitative estimate of drug-likeness (QED) is 0.667. The number of ether oxygens (including phenoxy) is 2. The van der Waals surface area contributed by atoms with Crippen LogP contribution in [0.15, 0.2) is 24.3 Å². The van der Waals surface area contributed by atoms with Crippen LogP contribution in [0.2, 0.25) is 0 Å². The molecule has 26 heavy (non-hydrogen) atoms. The fourth-order valence-corrected chi connectivity index (χ4v) is 2.85. The summed E-state index contributed by atoms with van der Waals surface area (Å²) < 4.78 is 10.7. The highest BCUT2D eigenvalue weighted by Gasteiger charge is 2.15. The van der Waals surface area contributed by atoms with Gasteiger partial charge < -0.3 is 14.4 Å². The molecule has 1 saturated heterocycles. The topological polar surface area (TPSA) is 65.8 Å². The first-order valence-electron chi connectivity index (χ1n) is 8.92. The van der Waals surface area contributed by atoms with Crippen LogP contribution in [0.1, 0.15) is 17.5 Å². The molecule has 1 fully saturated rings. The van der Waals surface area contributed by atoms with Gasteiger partial charge in [0, 0.05) is 44.4 Å². The molecule has 1 aromatic rings. The SMILES string of the molecule is COc1ccc(C)cc1/C=C/C(=O)N(CCC#N)CCN1CCOCC1. The molecule has 0 aromatic heterocycles. The predicted molar refractivity (Wildman–Crippen MR) is 101 cm³/mol. The van der Waals surface area contributed by atoms with E-state index in [1.54, 1.807) is 24.2 Å². The maximum atomic E-state index is 12.6. The summed E-state index contributed by atoms with van der Waals surface area (Å²) >= 11 is 0. The highest BCUT2D eigenvalue weighted by atomic mass is 16.5. The van der Waals surface area contributed by atoms with Crippen LogP contribution < -0.4 is 4.74 Å². The summed E-state index contributed by atoms with van der Waals surface area (Å²) in [7, 11) is 1.62. The van der Waals surface area contributed by atoms with E-state index >= 15 is 0 Å². The third-order valence-corrected chi connectivity index (χ3v) is 4.39. The molecular formula is C20H27N3O3. The van der Waals surface area contributed by atoms with Crippen molar-refractivity contribution >= 4 is 12.0 Å². The van der Waals surface area contributed by atoms with Gasteiger partial charge in [-0.05, 0) is 25.1 Å². The van der Waals surface area contributed by atoms with Gasteiger partial charge in [0.2, 0.25) is 5.91 Å². The fraction of sp³-hybridized carbons (Fsp3) is 0.500. The summed E-state index contributed by atoms with van der Waals surface area (Å²) in [5.41, 5.74) is 1.97. The number of carbonyl (C=O) groups is 1. The molecule has 0 aliphatic carbocycles. The second-order valence-corrected chi connectivity index (χ2v) is 6.27. The Labute approximate surface area is 155 Å². The first-order valence-corrected chi connectivity index (χ1v) is 8.92. The average molecular weight is 357 g/mol. The molecule has 140 valence electrons. The van der Waals surface area contributed by atoms with E-state index in [1.165, 1.54) is 0 Å². The van der Waals surface area contributed by atoms with Crippen molar-refractivity contribution in [3.8, 4) is 11.8 Å². The van der Waals surface area contributed by atoms with Crippen LogP contribution in [0.5, 0.6) is 5.75 Å². The highest BCUT2D eigenvalue weighted by Crippen LogP contribution is 2.21. The first-order chi connectivity index (χ1) is 12.6. The van der Waals surface area contributed by atoms with Gasteiger partial charge in [-0.15, -0.1) is 0 Å². The number of methoxy groups -OCH3 is 1. The van der Waals surface area contributed by atoms with Crippen LogP contribution in [0.4, 0.5) is 0 Å². The number of rotatable bonds is 8. The molecule has 0 spiro atoms. The minimum Gasteiger partial charge on any atom is -0.496 e. The zero-order chi connectivity index (χ0) is 18.8. The molecule has 1 aliphatic rings. The van der Waals surface area contributed by atoms with Crippen molar-refractivity contribution in [2.45, 2.75) is 13.3 Å². The maximum absolute atomic E-state index is 12.6. The van der Waals surface area contributed by atoms with E-state index in [9.17, 15) is 4.79 Å². The van der Waals surface area contributed by atoms with Crippen molar-refractivity contribution in [2.24, 2.45) is 0 Å². The summed E-state index contributed by atoms with van der Waals surface area (Å²) in [5, 5.41) is 8.87.